The Bertz CT molecular complexity index is 889. The maximum atomic E-state index is 13.4. The molecule has 26 heavy (non-hydrogen) atoms. The van der Waals surface area contributed by atoms with Gasteiger partial charge in [0, 0.05) is 11.8 Å². The van der Waals surface area contributed by atoms with Gasteiger partial charge in [-0.1, -0.05) is 5.21 Å². The number of rotatable bonds is 4. The zero-order chi connectivity index (χ0) is 18.8. The Morgan fingerprint density at radius 2 is 2.00 bits per heavy atom. The van der Waals surface area contributed by atoms with Crippen LogP contribution in [0, 0.1) is 11.6 Å². The lowest BCUT2D eigenvalue weighted by atomic mass is 10.0. The molecule has 0 bridgehead atoms. The van der Waals surface area contributed by atoms with Crippen LogP contribution in [0.4, 0.5) is 13.6 Å². The molecule has 1 unspecified atom stereocenters. The van der Waals surface area contributed by atoms with Gasteiger partial charge in [-0.05, 0) is 26.0 Å². The van der Waals surface area contributed by atoms with Crippen LogP contribution in [0.1, 0.15) is 25.6 Å². The number of nitrogens with one attached hydrogen (secondary N) is 2. The molecule has 2 amide bonds. The Labute approximate surface area is 146 Å². The van der Waals surface area contributed by atoms with E-state index in [0.717, 1.165) is 22.9 Å². The van der Waals surface area contributed by atoms with Crippen molar-refractivity contribution in [3.8, 4) is 5.69 Å². The first-order valence-electron chi connectivity index (χ1n) is 7.73. The monoisotopic (exact) mass is 363 g/mol. The van der Waals surface area contributed by atoms with Crippen molar-refractivity contribution in [1.29, 1.82) is 0 Å². The molecule has 1 aromatic carbocycles. The summed E-state index contributed by atoms with van der Waals surface area (Å²) in [6.45, 7) is 3.38. The lowest BCUT2D eigenvalue weighted by Crippen LogP contribution is -2.45. The molecule has 0 saturated heterocycles. The topological polar surface area (TPSA) is 98.1 Å². The molecule has 1 aromatic heterocycles. The van der Waals surface area contributed by atoms with Crippen LogP contribution < -0.4 is 10.6 Å². The quantitative estimate of drug-likeness (QED) is 0.807. The Morgan fingerprint density at radius 1 is 1.31 bits per heavy atom. The van der Waals surface area contributed by atoms with E-state index in [-0.39, 0.29) is 23.6 Å². The second-order valence-electron chi connectivity index (χ2n) is 5.51. The minimum Gasteiger partial charge on any atom is -0.463 e. The predicted molar refractivity (Wildman–Crippen MR) is 85.0 cm³/mol. The van der Waals surface area contributed by atoms with Crippen molar-refractivity contribution in [2.45, 2.75) is 19.9 Å². The van der Waals surface area contributed by atoms with E-state index >= 15 is 0 Å². The third-order valence-corrected chi connectivity index (χ3v) is 3.68. The van der Waals surface area contributed by atoms with E-state index in [0.29, 0.717) is 5.70 Å². The van der Waals surface area contributed by atoms with Crippen molar-refractivity contribution in [3.05, 3.63) is 53.0 Å². The molecule has 2 N–H and O–H groups in total. The molecule has 0 fully saturated rings. The maximum absolute atomic E-state index is 13.4. The molecule has 0 radical (unpaired) electrons. The zero-order valence-corrected chi connectivity index (χ0v) is 13.9. The summed E-state index contributed by atoms with van der Waals surface area (Å²) < 4.78 is 33.0. The second kappa shape index (κ2) is 6.90. The van der Waals surface area contributed by atoms with Crippen LogP contribution in [0.2, 0.25) is 0 Å². The standard InChI is InChI=1S/C16H15F2N5O3/c1-3-26-15(24)13-8(2)19-16(25)20-14(13)12-7-23(22-21-12)11-5-9(17)4-10(18)6-11/h4-7,14H,3H2,1-2H3,(H2,19,20,25). The Balaban J connectivity index is 1.99. The van der Waals surface area contributed by atoms with E-state index in [1.807, 2.05) is 0 Å². The number of hydrogen-bond acceptors (Lipinski definition) is 5. The molecular weight excluding hydrogens is 348 g/mol. The molecule has 1 aliphatic rings. The van der Waals surface area contributed by atoms with Gasteiger partial charge in [0.2, 0.25) is 0 Å². The summed E-state index contributed by atoms with van der Waals surface area (Å²) in [4.78, 5) is 24.0. The molecule has 2 aromatic rings. The van der Waals surface area contributed by atoms with Gasteiger partial charge in [-0.15, -0.1) is 5.10 Å². The van der Waals surface area contributed by atoms with Crippen LogP contribution in [0.15, 0.2) is 35.7 Å². The van der Waals surface area contributed by atoms with Crippen LogP contribution >= 0.6 is 0 Å². The van der Waals surface area contributed by atoms with E-state index in [1.54, 1.807) is 13.8 Å². The minimum atomic E-state index is -0.907. The molecule has 2 heterocycles. The highest BCUT2D eigenvalue weighted by atomic mass is 19.1. The number of carbonyl (C=O) groups excluding carboxylic acids is 2. The van der Waals surface area contributed by atoms with Crippen molar-refractivity contribution >= 4 is 12.0 Å². The summed E-state index contributed by atoms with van der Waals surface area (Å²) in [5.74, 6) is -2.15. The van der Waals surface area contributed by atoms with Gasteiger partial charge in [0.05, 0.1) is 24.1 Å². The molecule has 3 rings (SSSR count). The first-order valence-corrected chi connectivity index (χ1v) is 7.73. The van der Waals surface area contributed by atoms with Gasteiger partial charge in [-0.3, -0.25) is 0 Å². The van der Waals surface area contributed by atoms with Gasteiger partial charge in [0.25, 0.3) is 0 Å². The Hall–Kier alpha value is -3.30. The fraction of sp³-hybridized carbons (Fsp3) is 0.250. The summed E-state index contributed by atoms with van der Waals surface area (Å²) in [7, 11) is 0. The molecule has 0 saturated carbocycles. The highest BCUT2D eigenvalue weighted by Gasteiger charge is 2.34. The van der Waals surface area contributed by atoms with Gasteiger partial charge in [0.15, 0.2) is 0 Å². The molecule has 10 heteroatoms. The van der Waals surface area contributed by atoms with Gasteiger partial charge < -0.3 is 15.4 Å². The number of amides is 2. The summed E-state index contributed by atoms with van der Waals surface area (Å²) in [6, 6.07) is 1.47. The first-order chi connectivity index (χ1) is 12.4. The molecular formula is C16H15F2N5O3. The predicted octanol–water partition coefficient (Wildman–Crippen LogP) is 1.74. The molecule has 0 spiro atoms. The van der Waals surface area contributed by atoms with Crippen LogP contribution in [0.5, 0.6) is 0 Å². The SMILES string of the molecule is CCOC(=O)C1=C(C)NC(=O)NC1c1cn(-c2cc(F)cc(F)c2)nn1. The molecule has 1 atom stereocenters. The number of aromatic nitrogens is 3. The van der Waals surface area contributed by atoms with Crippen LogP contribution in [0.25, 0.3) is 5.69 Å². The van der Waals surface area contributed by atoms with Crippen molar-refractivity contribution in [1.82, 2.24) is 25.6 Å². The molecule has 8 nitrogen and oxygen atoms in total. The summed E-state index contributed by atoms with van der Waals surface area (Å²) in [5, 5.41) is 12.8. The Morgan fingerprint density at radius 3 is 2.65 bits per heavy atom. The normalized spacial score (nSPS) is 16.9. The minimum absolute atomic E-state index is 0.111. The van der Waals surface area contributed by atoms with E-state index < -0.39 is 29.7 Å². The van der Waals surface area contributed by atoms with Gasteiger partial charge in [-0.2, -0.15) is 0 Å². The second-order valence-corrected chi connectivity index (χ2v) is 5.51. The van der Waals surface area contributed by atoms with Crippen molar-refractivity contribution in [2.75, 3.05) is 6.61 Å². The lowest BCUT2D eigenvalue weighted by molar-refractivity contribution is -0.139. The number of hydrogen-bond donors (Lipinski definition) is 2. The number of halogens is 2. The smallest absolute Gasteiger partial charge is 0.338 e. The van der Waals surface area contributed by atoms with Gasteiger partial charge >= 0.3 is 12.0 Å². The highest BCUT2D eigenvalue weighted by Crippen LogP contribution is 2.26. The molecule has 0 aliphatic carbocycles. The van der Waals surface area contributed by atoms with Gasteiger partial charge in [-0.25, -0.2) is 23.1 Å². The fourth-order valence-electron chi connectivity index (χ4n) is 2.60. The number of allylic oxidation sites excluding steroid dienone is 1. The van der Waals surface area contributed by atoms with E-state index in [4.69, 9.17) is 4.74 Å². The van der Waals surface area contributed by atoms with E-state index in [1.165, 1.54) is 6.20 Å². The molecule has 1 aliphatic heterocycles. The average molecular weight is 363 g/mol. The third kappa shape index (κ3) is 3.39. The largest absolute Gasteiger partial charge is 0.463 e. The Kier molecular flexibility index (Phi) is 4.65. The third-order valence-electron chi connectivity index (χ3n) is 3.68. The average Bonchev–Trinajstić information content (AvgIpc) is 3.03. The number of ether oxygens (including phenoxy) is 1. The van der Waals surface area contributed by atoms with Crippen LogP contribution in [-0.4, -0.2) is 33.6 Å². The van der Waals surface area contributed by atoms with Crippen molar-refractivity contribution in [2.24, 2.45) is 0 Å². The van der Waals surface area contributed by atoms with E-state index in [9.17, 15) is 18.4 Å². The number of carbonyl (C=O) groups is 2. The van der Waals surface area contributed by atoms with Crippen LogP contribution in [0.3, 0.4) is 0 Å². The number of esters is 1. The van der Waals surface area contributed by atoms with Gasteiger partial charge in [0.1, 0.15) is 23.4 Å². The summed E-state index contributed by atoms with van der Waals surface area (Å²) >= 11 is 0. The number of nitrogens with zero attached hydrogens (tertiary/aromatic N) is 3. The number of urea groups is 1. The first kappa shape index (κ1) is 17.5. The van der Waals surface area contributed by atoms with Crippen molar-refractivity contribution < 1.29 is 23.1 Å². The fourth-order valence-corrected chi connectivity index (χ4v) is 2.60. The lowest BCUT2D eigenvalue weighted by Gasteiger charge is -2.26. The zero-order valence-electron chi connectivity index (χ0n) is 13.9. The maximum Gasteiger partial charge on any atom is 0.338 e. The number of benzene rings is 1. The van der Waals surface area contributed by atoms with E-state index in [2.05, 4.69) is 20.9 Å². The van der Waals surface area contributed by atoms with Crippen molar-refractivity contribution in [3.63, 3.8) is 0 Å². The molecule has 136 valence electrons. The van der Waals surface area contributed by atoms with Crippen LogP contribution in [-0.2, 0) is 9.53 Å². The highest BCUT2D eigenvalue weighted by molar-refractivity contribution is 5.94. The summed E-state index contributed by atoms with van der Waals surface area (Å²) in [6.07, 6.45) is 1.37. The summed E-state index contributed by atoms with van der Waals surface area (Å²) in [5.41, 5.74) is 0.819.